The molecule has 0 aliphatic carbocycles. The Morgan fingerprint density at radius 2 is 1.76 bits per heavy atom. The number of aliphatic imine (C=N–C) groups is 1. The predicted octanol–water partition coefficient (Wildman–Crippen LogP) is 3.34. The van der Waals surface area contributed by atoms with Crippen molar-refractivity contribution in [1.82, 2.24) is 9.97 Å². The fourth-order valence-electron chi connectivity index (χ4n) is 2.23. The molecule has 2 aromatic rings. The monoisotopic (exact) mass is 281 g/mol. The molecule has 0 radical (unpaired) electrons. The summed E-state index contributed by atoms with van der Waals surface area (Å²) >= 11 is 0. The van der Waals surface area contributed by atoms with Gasteiger partial charge in [0.1, 0.15) is 12.3 Å². The normalized spacial score (nSPS) is 18.2. The van der Waals surface area contributed by atoms with Crippen molar-refractivity contribution in [2.45, 2.75) is 26.8 Å². The summed E-state index contributed by atoms with van der Waals surface area (Å²) in [7, 11) is 0. The van der Waals surface area contributed by atoms with Crippen LogP contribution in [0.4, 0.5) is 0 Å². The summed E-state index contributed by atoms with van der Waals surface area (Å²) < 4.78 is 5.74. The van der Waals surface area contributed by atoms with Gasteiger partial charge in [0.15, 0.2) is 0 Å². The van der Waals surface area contributed by atoms with Crippen LogP contribution in [0.25, 0.3) is 11.1 Å². The summed E-state index contributed by atoms with van der Waals surface area (Å²) in [6.07, 6.45) is 5.37. The van der Waals surface area contributed by atoms with Crippen LogP contribution in [-0.4, -0.2) is 28.5 Å². The molecule has 21 heavy (non-hydrogen) atoms. The fourth-order valence-corrected chi connectivity index (χ4v) is 2.23. The van der Waals surface area contributed by atoms with E-state index >= 15 is 0 Å². The summed E-state index contributed by atoms with van der Waals surface area (Å²) in [6.45, 7) is 7.15. The van der Waals surface area contributed by atoms with Gasteiger partial charge in [-0.3, -0.25) is 9.97 Å². The number of hydrogen-bond donors (Lipinski definition) is 0. The number of pyridine rings is 2. The molecule has 0 saturated carbocycles. The molecule has 4 nitrogen and oxygen atoms in total. The first-order valence-corrected chi connectivity index (χ1v) is 7.11. The molecule has 0 fully saturated rings. The molecular formula is C17H19N3O. The van der Waals surface area contributed by atoms with Crippen molar-refractivity contribution in [1.29, 1.82) is 0 Å². The third-order valence-electron chi connectivity index (χ3n) is 3.64. The van der Waals surface area contributed by atoms with E-state index in [0.717, 1.165) is 16.8 Å². The fraction of sp³-hybridized carbons (Fsp3) is 0.353. The molecule has 3 rings (SSSR count). The van der Waals surface area contributed by atoms with Gasteiger partial charge >= 0.3 is 0 Å². The molecule has 4 heteroatoms. The Morgan fingerprint density at radius 1 is 1.05 bits per heavy atom. The maximum atomic E-state index is 5.74. The van der Waals surface area contributed by atoms with Gasteiger partial charge in [-0.25, -0.2) is 4.99 Å². The molecule has 1 aliphatic rings. The van der Waals surface area contributed by atoms with Gasteiger partial charge in [0.05, 0.1) is 6.04 Å². The van der Waals surface area contributed by atoms with E-state index in [9.17, 15) is 0 Å². The molecule has 1 atom stereocenters. The number of rotatable bonds is 2. The zero-order valence-corrected chi connectivity index (χ0v) is 12.6. The second kappa shape index (κ2) is 5.28. The summed E-state index contributed by atoms with van der Waals surface area (Å²) in [5, 5.41) is 0. The lowest BCUT2D eigenvalue weighted by Crippen LogP contribution is -2.25. The molecule has 0 saturated heterocycles. The van der Waals surface area contributed by atoms with Gasteiger partial charge in [0.25, 0.3) is 0 Å². The molecule has 0 spiro atoms. The lowest BCUT2D eigenvalue weighted by atomic mass is 9.88. The van der Waals surface area contributed by atoms with E-state index in [4.69, 9.17) is 4.74 Å². The first-order valence-electron chi connectivity index (χ1n) is 7.11. The Morgan fingerprint density at radius 3 is 2.43 bits per heavy atom. The summed E-state index contributed by atoms with van der Waals surface area (Å²) in [5.41, 5.74) is 3.09. The van der Waals surface area contributed by atoms with E-state index in [2.05, 4.69) is 35.7 Å². The van der Waals surface area contributed by atoms with Gasteiger partial charge in [-0.2, -0.15) is 0 Å². The number of nitrogens with zero attached hydrogens (tertiary/aromatic N) is 3. The third-order valence-corrected chi connectivity index (χ3v) is 3.64. The average Bonchev–Trinajstić information content (AvgIpc) is 2.98. The van der Waals surface area contributed by atoms with Crippen LogP contribution >= 0.6 is 0 Å². The molecule has 0 aromatic carbocycles. The minimum absolute atomic E-state index is 0.102. The predicted molar refractivity (Wildman–Crippen MR) is 83.2 cm³/mol. The maximum Gasteiger partial charge on any atom is 0.235 e. The summed E-state index contributed by atoms with van der Waals surface area (Å²) in [5.74, 6) is 0.644. The second-order valence-electron chi connectivity index (χ2n) is 6.29. The van der Waals surface area contributed by atoms with Crippen molar-refractivity contribution in [3.05, 3.63) is 48.5 Å². The van der Waals surface area contributed by atoms with Crippen LogP contribution in [0.3, 0.4) is 0 Å². The Balaban J connectivity index is 1.91. The van der Waals surface area contributed by atoms with E-state index in [0.29, 0.717) is 12.5 Å². The molecule has 3 heterocycles. The molecule has 0 bridgehead atoms. The van der Waals surface area contributed by atoms with Gasteiger partial charge in [-0.1, -0.05) is 20.8 Å². The van der Waals surface area contributed by atoms with Crippen LogP contribution in [0.5, 0.6) is 0 Å². The van der Waals surface area contributed by atoms with Gasteiger partial charge < -0.3 is 4.74 Å². The van der Waals surface area contributed by atoms with E-state index < -0.39 is 0 Å². The lowest BCUT2D eigenvalue weighted by molar-refractivity contribution is 0.235. The van der Waals surface area contributed by atoms with Crippen molar-refractivity contribution in [2.24, 2.45) is 10.4 Å². The van der Waals surface area contributed by atoms with Crippen LogP contribution in [0, 0.1) is 5.41 Å². The van der Waals surface area contributed by atoms with Crippen LogP contribution in [-0.2, 0) is 4.74 Å². The van der Waals surface area contributed by atoms with E-state index in [-0.39, 0.29) is 11.5 Å². The standard InChI is InChI=1S/C17H19N3O/c1-17(2,3)15-11-21-16(20-15)14-10-13(6-9-19-14)12-4-7-18-8-5-12/h4-10,15H,11H2,1-3H3/t15-/m1/s1. The van der Waals surface area contributed by atoms with E-state index in [1.54, 1.807) is 18.6 Å². The highest BCUT2D eigenvalue weighted by Crippen LogP contribution is 2.27. The quantitative estimate of drug-likeness (QED) is 0.848. The number of ether oxygens (including phenoxy) is 1. The topological polar surface area (TPSA) is 47.4 Å². The first kappa shape index (κ1) is 13.7. The maximum absolute atomic E-state index is 5.74. The Bertz CT molecular complexity index is 659. The molecule has 108 valence electrons. The van der Waals surface area contributed by atoms with Crippen LogP contribution in [0.15, 0.2) is 47.8 Å². The summed E-state index contributed by atoms with van der Waals surface area (Å²) in [6, 6.07) is 8.14. The SMILES string of the molecule is CC(C)(C)[C@H]1COC(c2cc(-c3ccncc3)ccn2)=N1. The highest BCUT2D eigenvalue weighted by molar-refractivity contribution is 5.94. The van der Waals surface area contributed by atoms with Crippen molar-refractivity contribution in [3.8, 4) is 11.1 Å². The van der Waals surface area contributed by atoms with Gasteiger partial charge in [-0.05, 0) is 40.8 Å². The van der Waals surface area contributed by atoms with Crippen molar-refractivity contribution in [3.63, 3.8) is 0 Å². The zero-order chi connectivity index (χ0) is 14.9. The second-order valence-corrected chi connectivity index (χ2v) is 6.29. The minimum Gasteiger partial charge on any atom is -0.474 e. The van der Waals surface area contributed by atoms with Gasteiger partial charge in [0.2, 0.25) is 5.90 Å². The number of hydrogen-bond acceptors (Lipinski definition) is 4. The number of aromatic nitrogens is 2. The van der Waals surface area contributed by atoms with Crippen molar-refractivity contribution >= 4 is 5.90 Å². The van der Waals surface area contributed by atoms with Gasteiger partial charge in [0, 0.05) is 18.6 Å². The van der Waals surface area contributed by atoms with Crippen LogP contribution in [0.2, 0.25) is 0 Å². The van der Waals surface area contributed by atoms with Crippen LogP contribution in [0.1, 0.15) is 26.5 Å². The molecule has 0 N–H and O–H groups in total. The first-order chi connectivity index (χ1) is 10.0. The largest absolute Gasteiger partial charge is 0.474 e. The lowest BCUT2D eigenvalue weighted by Gasteiger charge is -2.21. The Kier molecular flexibility index (Phi) is 3.45. The highest BCUT2D eigenvalue weighted by Gasteiger charge is 2.31. The van der Waals surface area contributed by atoms with Crippen molar-refractivity contribution < 1.29 is 4.74 Å². The third kappa shape index (κ3) is 2.94. The average molecular weight is 281 g/mol. The van der Waals surface area contributed by atoms with Gasteiger partial charge in [-0.15, -0.1) is 0 Å². The van der Waals surface area contributed by atoms with E-state index in [1.165, 1.54) is 0 Å². The molecule has 0 amide bonds. The molecule has 2 aromatic heterocycles. The Labute approximate surface area is 124 Å². The smallest absolute Gasteiger partial charge is 0.235 e. The van der Waals surface area contributed by atoms with Crippen molar-refractivity contribution in [2.75, 3.05) is 6.61 Å². The molecular weight excluding hydrogens is 262 g/mol. The molecule has 1 aliphatic heterocycles. The summed E-state index contributed by atoms with van der Waals surface area (Å²) in [4.78, 5) is 13.1. The zero-order valence-electron chi connectivity index (χ0n) is 12.6. The molecule has 0 unspecified atom stereocenters. The highest BCUT2D eigenvalue weighted by atomic mass is 16.5. The van der Waals surface area contributed by atoms with Crippen LogP contribution < -0.4 is 0 Å². The minimum atomic E-state index is 0.102. The Hall–Kier alpha value is -2.23. The van der Waals surface area contributed by atoms with E-state index in [1.807, 2.05) is 24.3 Å².